The summed E-state index contributed by atoms with van der Waals surface area (Å²) in [5, 5.41) is 0.552. The van der Waals surface area contributed by atoms with E-state index in [1.54, 1.807) is 4.90 Å². The Morgan fingerprint density at radius 3 is 2.47 bits per heavy atom. The van der Waals surface area contributed by atoms with Crippen LogP contribution in [0.2, 0.25) is 0 Å². The molecule has 3 aromatic rings. The highest BCUT2D eigenvalue weighted by Crippen LogP contribution is 2.31. The van der Waals surface area contributed by atoms with E-state index >= 15 is 0 Å². The number of anilines is 1. The van der Waals surface area contributed by atoms with Crippen molar-refractivity contribution in [2.45, 2.75) is 17.7 Å². The van der Waals surface area contributed by atoms with Crippen LogP contribution in [0.4, 0.5) is 9.52 Å². The third-order valence-electron chi connectivity index (χ3n) is 4.62. The minimum atomic E-state index is -3.70. The van der Waals surface area contributed by atoms with Gasteiger partial charge in [-0.05, 0) is 69.5 Å². The van der Waals surface area contributed by atoms with E-state index in [1.807, 2.05) is 37.2 Å². The van der Waals surface area contributed by atoms with Crippen LogP contribution in [0.1, 0.15) is 12.8 Å². The lowest BCUT2D eigenvalue weighted by molar-refractivity contribution is -0.118. The van der Waals surface area contributed by atoms with E-state index in [-0.39, 0.29) is 35.4 Å². The molecule has 0 aliphatic rings. The zero-order chi connectivity index (χ0) is 22.6. The second kappa shape index (κ2) is 11.5. The van der Waals surface area contributed by atoms with Crippen molar-refractivity contribution >= 4 is 70.8 Å². The molecule has 0 saturated heterocycles. The molecule has 0 unspecified atom stereocenters. The predicted octanol–water partition coefficient (Wildman–Crippen LogP) is 4.77. The van der Waals surface area contributed by atoms with Gasteiger partial charge in [0.2, 0.25) is 5.91 Å². The first-order valence-electron chi connectivity index (χ1n) is 9.65. The summed E-state index contributed by atoms with van der Waals surface area (Å²) in [6, 6.07) is 10.3. The Hall–Kier alpha value is -1.59. The number of sulfone groups is 1. The van der Waals surface area contributed by atoms with E-state index in [0.29, 0.717) is 11.7 Å². The first kappa shape index (κ1) is 26.7. The summed E-state index contributed by atoms with van der Waals surface area (Å²) in [4.78, 5) is 21.2. The molecule has 0 fully saturated rings. The quantitative estimate of drug-likeness (QED) is 0.350. The fourth-order valence-corrected chi connectivity index (χ4v) is 5.78. The number of amides is 1. The molecule has 0 saturated carbocycles. The Balaban J connectivity index is 0.00000363. The highest BCUT2D eigenvalue weighted by molar-refractivity contribution is 9.10. The molecule has 0 atom stereocenters. The second-order valence-electron chi connectivity index (χ2n) is 7.33. The largest absolute Gasteiger partial charge is 0.309 e. The van der Waals surface area contributed by atoms with Crippen LogP contribution in [-0.4, -0.2) is 57.1 Å². The molecule has 0 aliphatic carbocycles. The molecule has 0 bridgehead atoms. The van der Waals surface area contributed by atoms with Gasteiger partial charge in [-0.2, -0.15) is 0 Å². The fourth-order valence-electron chi connectivity index (χ4n) is 2.99. The summed E-state index contributed by atoms with van der Waals surface area (Å²) >= 11 is 4.84. The van der Waals surface area contributed by atoms with E-state index in [9.17, 15) is 17.6 Å². The van der Waals surface area contributed by atoms with Crippen molar-refractivity contribution in [3.8, 4) is 0 Å². The summed E-state index contributed by atoms with van der Waals surface area (Å²) < 4.78 is 40.1. The van der Waals surface area contributed by atoms with Gasteiger partial charge in [0.1, 0.15) is 5.82 Å². The molecule has 1 amide bonds. The predicted molar refractivity (Wildman–Crippen MR) is 133 cm³/mol. The highest BCUT2D eigenvalue weighted by atomic mass is 79.9. The van der Waals surface area contributed by atoms with Gasteiger partial charge in [-0.1, -0.05) is 27.3 Å². The standard InChI is InChI=1S/C21H23BrFN3O3S2.ClH/c1-25(2)11-3-12-26(21-24-18-9-4-15(22)14-19(18)30-21)20(27)10-13-31(28,29)17-7-5-16(23)6-8-17;/h4-9,14H,3,10-13H2,1-2H3;1H. The summed E-state index contributed by atoms with van der Waals surface area (Å²) in [5.74, 6) is -1.16. The molecule has 3 rings (SSSR count). The third kappa shape index (κ3) is 6.95. The van der Waals surface area contributed by atoms with Crippen LogP contribution < -0.4 is 4.90 Å². The molecule has 0 aliphatic heterocycles. The number of carbonyl (C=O) groups is 1. The van der Waals surface area contributed by atoms with E-state index in [1.165, 1.54) is 23.5 Å². The number of fused-ring (bicyclic) bond motifs is 1. The van der Waals surface area contributed by atoms with Crippen LogP contribution in [0.15, 0.2) is 51.8 Å². The number of carbonyl (C=O) groups excluding carboxylic acids is 1. The number of aromatic nitrogens is 1. The van der Waals surface area contributed by atoms with Gasteiger partial charge < -0.3 is 4.90 Å². The Morgan fingerprint density at radius 2 is 1.81 bits per heavy atom. The van der Waals surface area contributed by atoms with E-state index in [2.05, 4.69) is 20.9 Å². The van der Waals surface area contributed by atoms with Crippen LogP contribution in [0.5, 0.6) is 0 Å². The van der Waals surface area contributed by atoms with Crippen LogP contribution in [0, 0.1) is 5.82 Å². The van der Waals surface area contributed by atoms with Gasteiger partial charge in [-0.15, -0.1) is 12.4 Å². The molecule has 174 valence electrons. The van der Waals surface area contributed by atoms with Crippen molar-refractivity contribution in [2.75, 3.05) is 37.8 Å². The number of rotatable bonds is 9. The highest BCUT2D eigenvalue weighted by Gasteiger charge is 2.23. The first-order chi connectivity index (χ1) is 14.7. The monoisotopic (exact) mass is 563 g/mol. The number of hydrogen-bond donors (Lipinski definition) is 0. The lowest BCUT2D eigenvalue weighted by atomic mass is 10.3. The molecule has 1 aromatic heterocycles. The summed E-state index contributed by atoms with van der Waals surface area (Å²) in [6.45, 7) is 1.22. The van der Waals surface area contributed by atoms with Crippen molar-refractivity contribution in [3.05, 3.63) is 52.8 Å². The first-order valence-corrected chi connectivity index (χ1v) is 12.9. The number of hydrogen-bond acceptors (Lipinski definition) is 6. The van der Waals surface area contributed by atoms with Gasteiger partial charge in [-0.3, -0.25) is 9.69 Å². The topological polar surface area (TPSA) is 70.6 Å². The van der Waals surface area contributed by atoms with Crippen molar-refractivity contribution in [1.29, 1.82) is 0 Å². The van der Waals surface area contributed by atoms with Crippen LogP contribution >= 0.6 is 39.7 Å². The molecule has 0 spiro atoms. The SMILES string of the molecule is CN(C)CCCN(C(=O)CCS(=O)(=O)c1ccc(F)cc1)c1nc2ccc(Br)cc2s1.Cl. The number of thiazole rings is 1. The van der Waals surface area contributed by atoms with Crippen LogP contribution in [0.3, 0.4) is 0 Å². The minimum absolute atomic E-state index is 0. The summed E-state index contributed by atoms with van der Waals surface area (Å²) in [6.07, 6.45) is 0.546. The molecule has 0 N–H and O–H groups in total. The van der Waals surface area contributed by atoms with Gasteiger partial charge in [0, 0.05) is 17.4 Å². The normalized spacial score (nSPS) is 11.5. The molecule has 11 heteroatoms. The number of halogens is 3. The van der Waals surface area contributed by atoms with Gasteiger partial charge in [0.15, 0.2) is 15.0 Å². The second-order valence-corrected chi connectivity index (χ2v) is 11.4. The van der Waals surface area contributed by atoms with Gasteiger partial charge in [0.05, 0.1) is 20.9 Å². The van der Waals surface area contributed by atoms with Crippen molar-refractivity contribution < 1.29 is 17.6 Å². The van der Waals surface area contributed by atoms with Crippen molar-refractivity contribution in [3.63, 3.8) is 0 Å². The molecule has 32 heavy (non-hydrogen) atoms. The molecular weight excluding hydrogens is 541 g/mol. The molecule has 2 aromatic carbocycles. The molecule has 0 radical (unpaired) electrons. The van der Waals surface area contributed by atoms with Gasteiger partial charge >= 0.3 is 0 Å². The van der Waals surface area contributed by atoms with Gasteiger partial charge in [0.25, 0.3) is 0 Å². The van der Waals surface area contributed by atoms with E-state index in [0.717, 1.165) is 39.8 Å². The number of benzene rings is 2. The zero-order valence-corrected chi connectivity index (χ0v) is 21.7. The Bertz CT molecular complexity index is 1170. The minimum Gasteiger partial charge on any atom is -0.309 e. The lowest BCUT2D eigenvalue weighted by Crippen LogP contribution is -2.34. The third-order valence-corrected chi connectivity index (χ3v) is 7.88. The lowest BCUT2D eigenvalue weighted by Gasteiger charge is -2.21. The summed E-state index contributed by atoms with van der Waals surface area (Å²) in [5.41, 5.74) is 0.785. The van der Waals surface area contributed by atoms with Crippen molar-refractivity contribution in [2.24, 2.45) is 0 Å². The van der Waals surface area contributed by atoms with Crippen LogP contribution in [-0.2, 0) is 14.6 Å². The average molecular weight is 565 g/mol. The average Bonchev–Trinajstić information content (AvgIpc) is 3.12. The fraction of sp³-hybridized carbons (Fsp3) is 0.333. The maximum absolute atomic E-state index is 13.1. The molecule has 1 heterocycles. The van der Waals surface area contributed by atoms with Gasteiger partial charge in [-0.25, -0.2) is 17.8 Å². The zero-order valence-electron chi connectivity index (χ0n) is 17.6. The Kier molecular flexibility index (Phi) is 9.59. The van der Waals surface area contributed by atoms with E-state index < -0.39 is 15.7 Å². The van der Waals surface area contributed by atoms with Crippen LogP contribution in [0.25, 0.3) is 10.2 Å². The maximum Gasteiger partial charge on any atom is 0.229 e. The molecule has 6 nitrogen and oxygen atoms in total. The van der Waals surface area contributed by atoms with E-state index in [4.69, 9.17) is 0 Å². The smallest absolute Gasteiger partial charge is 0.229 e. The Labute approximate surface area is 205 Å². The molecular formula is C21H24BrClFN3O3S2. The van der Waals surface area contributed by atoms with Crippen molar-refractivity contribution in [1.82, 2.24) is 9.88 Å². The summed E-state index contributed by atoms with van der Waals surface area (Å²) in [7, 11) is 0.212. The Morgan fingerprint density at radius 1 is 1.12 bits per heavy atom. The number of nitrogens with zero attached hydrogens (tertiary/aromatic N) is 3. The maximum atomic E-state index is 13.1.